The number of amides is 1. The lowest BCUT2D eigenvalue weighted by atomic mass is 10.1. The zero-order valence-electron chi connectivity index (χ0n) is 14.2. The first-order valence-electron chi connectivity index (χ1n) is 8.65. The van der Waals surface area contributed by atoms with Gasteiger partial charge >= 0.3 is 0 Å². The van der Waals surface area contributed by atoms with Crippen molar-refractivity contribution in [1.29, 1.82) is 0 Å². The number of hydrogen-bond donors (Lipinski definition) is 1. The molecule has 0 saturated carbocycles. The maximum absolute atomic E-state index is 12.9. The number of nitrogens with one attached hydrogen (secondary N) is 1. The van der Waals surface area contributed by atoms with Crippen molar-refractivity contribution in [3.05, 3.63) is 70.9 Å². The van der Waals surface area contributed by atoms with Gasteiger partial charge in [-0.1, -0.05) is 6.07 Å². The van der Waals surface area contributed by atoms with E-state index >= 15 is 0 Å². The van der Waals surface area contributed by atoms with E-state index < -0.39 is 0 Å². The van der Waals surface area contributed by atoms with Crippen molar-refractivity contribution in [1.82, 2.24) is 24.6 Å². The number of H-pyrrole nitrogens is 1. The standard InChI is InChI=1S/C19H19N5O2/c25-18-15(7-8-17(22-18)16-6-1-2-9-20-16)19(26)24-12-3-5-14(24)13-23-11-4-10-21-23/h1-2,4,6-11,14H,3,5,12-13H2,(H,22,25)/t14-/m1/s1. The minimum atomic E-state index is -0.386. The molecule has 0 spiro atoms. The number of likely N-dealkylation sites (tertiary alicyclic amines) is 1. The predicted octanol–water partition coefficient (Wildman–Crippen LogP) is 1.94. The van der Waals surface area contributed by atoms with Crippen LogP contribution in [0.25, 0.3) is 11.4 Å². The van der Waals surface area contributed by atoms with Gasteiger partial charge in [0.25, 0.3) is 11.5 Å². The molecule has 1 aliphatic heterocycles. The SMILES string of the molecule is O=C(c1ccc(-c2ccccn2)[nH]c1=O)N1CCC[C@@H]1Cn1cccn1. The van der Waals surface area contributed by atoms with Gasteiger partial charge in [0.2, 0.25) is 0 Å². The lowest BCUT2D eigenvalue weighted by Crippen LogP contribution is -2.40. The molecule has 26 heavy (non-hydrogen) atoms. The van der Waals surface area contributed by atoms with Crippen molar-refractivity contribution in [2.45, 2.75) is 25.4 Å². The zero-order chi connectivity index (χ0) is 17.9. The topological polar surface area (TPSA) is 83.9 Å². The quantitative estimate of drug-likeness (QED) is 0.780. The number of carbonyl (C=O) groups excluding carboxylic acids is 1. The van der Waals surface area contributed by atoms with Crippen molar-refractivity contribution < 1.29 is 4.79 Å². The van der Waals surface area contributed by atoms with Crippen molar-refractivity contribution in [3.8, 4) is 11.4 Å². The van der Waals surface area contributed by atoms with Crippen LogP contribution < -0.4 is 5.56 Å². The van der Waals surface area contributed by atoms with Gasteiger partial charge in [-0.3, -0.25) is 19.3 Å². The second-order valence-electron chi connectivity index (χ2n) is 6.35. The predicted molar refractivity (Wildman–Crippen MR) is 96.6 cm³/mol. The summed E-state index contributed by atoms with van der Waals surface area (Å²) < 4.78 is 1.82. The molecule has 4 rings (SSSR count). The number of hydrogen-bond acceptors (Lipinski definition) is 4. The van der Waals surface area contributed by atoms with Crippen LogP contribution in [0.4, 0.5) is 0 Å². The monoisotopic (exact) mass is 349 g/mol. The van der Waals surface area contributed by atoms with Crippen molar-refractivity contribution >= 4 is 5.91 Å². The Kier molecular flexibility index (Phi) is 4.35. The molecule has 1 saturated heterocycles. The Morgan fingerprint density at radius 2 is 2.12 bits per heavy atom. The van der Waals surface area contributed by atoms with E-state index in [4.69, 9.17) is 0 Å². The first kappa shape index (κ1) is 16.3. The molecule has 0 radical (unpaired) electrons. The van der Waals surface area contributed by atoms with Gasteiger partial charge in [-0.25, -0.2) is 0 Å². The first-order valence-corrected chi connectivity index (χ1v) is 8.65. The van der Waals surface area contributed by atoms with Crippen molar-refractivity contribution in [3.63, 3.8) is 0 Å². The third-order valence-electron chi connectivity index (χ3n) is 4.68. The van der Waals surface area contributed by atoms with Crippen LogP contribution in [-0.4, -0.2) is 43.1 Å². The summed E-state index contributed by atoms with van der Waals surface area (Å²) in [5, 5.41) is 4.21. The smallest absolute Gasteiger partial charge is 0.261 e. The van der Waals surface area contributed by atoms with E-state index in [1.165, 1.54) is 0 Å². The van der Waals surface area contributed by atoms with Crippen LogP contribution in [0, 0.1) is 0 Å². The van der Waals surface area contributed by atoms with Crippen LogP contribution in [0.15, 0.2) is 59.8 Å². The highest BCUT2D eigenvalue weighted by molar-refractivity contribution is 5.94. The molecule has 1 aliphatic rings. The highest BCUT2D eigenvalue weighted by Crippen LogP contribution is 2.21. The molecule has 0 aromatic carbocycles. The molecule has 1 amide bonds. The molecule has 7 nitrogen and oxygen atoms in total. The van der Waals surface area contributed by atoms with E-state index in [0.717, 1.165) is 12.8 Å². The molecule has 0 bridgehead atoms. The van der Waals surface area contributed by atoms with Gasteiger partial charge in [0.15, 0.2) is 0 Å². The van der Waals surface area contributed by atoms with E-state index in [1.807, 2.05) is 35.1 Å². The average molecular weight is 349 g/mol. The Morgan fingerprint density at radius 3 is 2.85 bits per heavy atom. The Bertz CT molecular complexity index is 950. The summed E-state index contributed by atoms with van der Waals surface area (Å²) in [5.74, 6) is -0.228. The minimum Gasteiger partial charge on any atom is -0.334 e. The Balaban J connectivity index is 1.57. The number of aromatic nitrogens is 4. The molecule has 0 unspecified atom stereocenters. The van der Waals surface area contributed by atoms with Crippen LogP contribution in [0.2, 0.25) is 0 Å². The molecule has 1 fully saturated rings. The number of rotatable bonds is 4. The molecule has 1 atom stereocenters. The van der Waals surface area contributed by atoms with Gasteiger partial charge in [0.05, 0.1) is 24.0 Å². The Morgan fingerprint density at radius 1 is 1.19 bits per heavy atom. The summed E-state index contributed by atoms with van der Waals surface area (Å²) in [5.41, 5.74) is 1.04. The Hall–Kier alpha value is -3.22. The number of pyridine rings is 2. The van der Waals surface area contributed by atoms with Gasteiger partial charge in [-0.05, 0) is 43.2 Å². The van der Waals surface area contributed by atoms with Crippen LogP contribution in [-0.2, 0) is 6.54 Å². The van der Waals surface area contributed by atoms with Crippen LogP contribution in [0.1, 0.15) is 23.2 Å². The summed E-state index contributed by atoms with van der Waals surface area (Å²) in [7, 11) is 0. The largest absolute Gasteiger partial charge is 0.334 e. The first-order chi connectivity index (χ1) is 12.7. The molecule has 1 N–H and O–H groups in total. The van der Waals surface area contributed by atoms with Crippen molar-refractivity contribution in [2.24, 2.45) is 0 Å². The number of aromatic amines is 1. The maximum atomic E-state index is 12.9. The molecule has 3 aromatic heterocycles. The van der Waals surface area contributed by atoms with E-state index in [1.54, 1.807) is 29.4 Å². The average Bonchev–Trinajstić information content (AvgIpc) is 3.34. The van der Waals surface area contributed by atoms with Crippen LogP contribution >= 0.6 is 0 Å². The van der Waals surface area contributed by atoms with E-state index in [0.29, 0.717) is 24.5 Å². The van der Waals surface area contributed by atoms with Gasteiger partial charge in [-0.2, -0.15) is 5.10 Å². The van der Waals surface area contributed by atoms with E-state index in [2.05, 4.69) is 15.1 Å². The summed E-state index contributed by atoms with van der Waals surface area (Å²) in [6, 6.07) is 10.7. The van der Waals surface area contributed by atoms with E-state index in [-0.39, 0.29) is 23.1 Å². The second kappa shape index (κ2) is 6.95. The summed E-state index contributed by atoms with van der Waals surface area (Å²) in [4.78, 5) is 34.2. The van der Waals surface area contributed by atoms with Gasteiger partial charge in [0, 0.05) is 25.1 Å². The fraction of sp³-hybridized carbons (Fsp3) is 0.263. The fourth-order valence-electron chi connectivity index (χ4n) is 3.39. The van der Waals surface area contributed by atoms with Crippen LogP contribution in [0.5, 0.6) is 0 Å². The Labute approximate surface area is 150 Å². The zero-order valence-corrected chi connectivity index (χ0v) is 14.2. The molecule has 4 heterocycles. The lowest BCUT2D eigenvalue weighted by molar-refractivity contribution is 0.0720. The van der Waals surface area contributed by atoms with Crippen LogP contribution in [0.3, 0.4) is 0 Å². The normalized spacial score (nSPS) is 16.8. The third kappa shape index (κ3) is 3.15. The molecular weight excluding hydrogens is 330 g/mol. The van der Waals surface area contributed by atoms with Gasteiger partial charge in [-0.15, -0.1) is 0 Å². The molecule has 0 aliphatic carbocycles. The molecule has 132 valence electrons. The number of carbonyl (C=O) groups is 1. The summed E-state index contributed by atoms with van der Waals surface area (Å²) in [6.45, 7) is 1.30. The van der Waals surface area contributed by atoms with Gasteiger partial charge in [0.1, 0.15) is 5.56 Å². The molecular formula is C19H19N5O2. The molecule has 7 heteroatoms. The number of nitrogens with zero attached hydrogens (tertiary/aromatic N) is 4. The maximum Gasteiger partial charge on any atom is 0.261 e. The van der Waals surface area contributed by atoms with Gasteiger partial charge < -0.3 is 9.88 Å². The second-order valence-corrected chi connectivity index (χ2v) is 6.35. The van der Waals surface area contributed by atoms with Crippen molar-refractivity contribution in [2.75, 3.05) is 6.54 Å². The highest BCUT2D eigenvalue weighted by Gasteiger charge is 2.31. The fourth-order valence-corrected chi connectivity index (χ4v) is 3.39. The molecule has 3 aromatic rings. The third-order valence-corrected chi connectivity index (χ3v) is 4.68. The van der Waals surface area contributed by atoms with E-state index in [9.17, 15) is 9.59 Å². The lowest BCUT2D eigenvalue weighted by Gasteiger charge is -2.24. The highest BCUT2D eigenvalue weighted by atomic mass is 16.2. The minimum absolute atomic E-state index is 0.0530. The summed E-state index contributed by atoms with van der Waals surface area (Å²) >= 11 is 0. The summed E-state index contributed by atoms with van der Waals surface area (Å²) in [6.07, 6.45) is 7.12.